The maximum atomic E-state index is 12.3. The van der Waals surface area contributed by atoms with Gasteiger partial charge in [0.25, 0.3) is 0 Å². The van der Waals surface area contributed by atoms with Crippen LogP contribution in [0.25, 0.3) is 0 Å². The zero-order valence-corrected chi connectivity index (χ0v) is 14.5. The number of hydrogen-bond donors (Lipinski definition) is 0. The van der Waals surface area contributed by atoms with Gasteiger partial charge in [0.15, 0.2) is 5.41 Å². The Morgan fingerprint density at radius 2 is 1.68 bits per heavy atom. The van der Waals surface area contributed by atoms with Crippen LogP contribution in [0.15, 0.2) is 0 Å². The zero-order valence-electron chi connectivity index (χ0n) is 14.5. The third-order valence-electron chi connectivity index (χ3n) is 3.84. The molecule has 0 aromatic carbocycles. The molecule has 5 heteroatoms. The van der Waals surface area contributed by atoms with E-state index in [9.17, 15) is 14.9 Å². The first-order valence-electron chi connectivity index (χ1n) is 8.14. The second-order valence-corrected chi connectivity index (χ2v) is 5.79. The molecule has 0 amide bonds. The van der Waals surface area contributed by atoms with E-state index in [4.69, 9.17) is 9.47 Å². The quantitative estimate of drug-likeness (QED) is 0.577. The summed E-state index contributed by atoms with van der Waals surface area (Å²) in [6.07, 6.45) is 2.39. The van der Waals surface area contributed by atoms with E-state index in [0.29, 0.717) is 12.3 Å². The lowest BCUT2D eigenvalue weighted by Gasteiger charge is -2.30. The molecule has 0 aromatic rings. The molecule has 0 rings (SSSR count). The van der Waals surface area contributed by atoms with Crippen LogP contribution in [0.3, 0.4) is 0 Å². The Balaban J connectivity index is 5.41. The van der Waals surface area contributed by atoms with Crippen LogP contribution in [-0.4, -0.2) is 25.2 Å². The van der Waals surface area contributed by atoms with Crippen molar-refractivity contribution in [2.45, 2.75) is 60.3 Å². The molecule has 0 aliphatic rings. The highest BCUT2D eigenvalue weighted by molar-refractivity contribution is 5.87. The molecule has 0 saturated heterocycles. The fourth-order valence-electron chi connectivity index (χ4n) is 2.53. The van der Waals surface area contributed by atoms with Crippen molar-refractivity contribution in [3.8, 4) is 6.07 Å². The van der Waals surface area contributed by atoms with E-state index in [2.05, 4.69) is 19.9 Å². The van der Waals surface area contributed by atoms with Crippen molar-refractivity contribution in [3.63, 3.8) is 0 Å². The van der Waals surface area contributed by atoms with Crippen LogP contribution in [0, 0.1) is 28.6 Å². The summed E-state index contributed by atoms with van der Waals surface area (Å²) < 4.78 is 10.2. The number of carbonyl (C=O) groups excluding carboxylic acids is 2. The Morgan fingerprint density at radius 1 is 1.09 bits per heavy atom. The van der Waals surface area contributed by atoms with E-state index < -0.39 is 23.3 Å². The third-order valence-corrected chi connectivity index (χ3v) is 3.84. The van der Waals surface area contributed by atoms with Crippen molar-refractivity contribution in [1.29, 1.82) is 5.26 Å². The maximum absolute atomic E-state index is 12.3. The predicted molar refractivity (Wildman–Crippen MR) is 83.8 cm³/mol. The van der Waals surface area contributed by atoms with Crippen LogP contribution in [0.1, 0.15) is 60.3 Å². The van der Waals surface area contributed by atoms with E-state index in [1.807, 2.05) is 0 Å². The average Bonchev–Trinajstić information content (AvgIpc) is 2.47. The van der Waals surface area contributed by atoms with Crippen molar-refractivity contribution in [1.82, 2.24) is 0 Å². The maximum Gasteiger partial charge on any atom is 0.327 e. The summed E-state index contributed by atoms with van der Waals surface area (Å²) in [7, 11) is 0. The van der Waals surface area contributed by atoms with E-state index in [1.165, 1.54) is 0 Å². The Kier molecular flexibility index (Phi) is 9.48. The van der Waals surface area contributed by atoms with Crippen LogP contribution < -0.4 is 0 Å². The molecule has 0 spiro atoms. The smallest absolute Gasteiger partial charge is 0.327 e. The van der Waals surface area contributed by atoms with Crippen LogP contribution in [-0.2, 0) is 19.1 Å². The Bertz CT molecular complexity index is 400. The second kappa shape index (κ2) is 10.2. The number of hydrogen-bond acceptors (Lipinski definition) is 5. The van der Waals surface area contributed by atoms with Crippen LogP contribution >= 0.6 is 0 Å². The fourth-order valence-corrected chi connectivity index (χ4v) is 2.53. The third kappa shape index (κ3) is 5.32. The van der Waals surface area contributed by atoms with Crippen LogP contribution in [0.2, 0.25) is 0 Å². The molecule has 0 saturated carbocycles. The van der Waals surface area contributed by atoms with E-state index in [1.54, 1.807) is 20.8 Å². The number of ether oxygens (including phenoxy) is 2. The van der Waals surface area contributed by atoms with Gasteiger partial charge in [0.1, 0.15) is 0 Å². The number of nitriles is 1. The Hall–Kier alpha value is -1.57. The molecule has 126 valence electrons. The molecule has 0 aliphatic heterocycles. The normalized spacial score (nSPS) is 14.8. The number of rotatable bonds is 10. The summed E-state index contributed by atoms with van der Waals surface area (Å²) >= 11 is 0. The summed E-state index contributed by atoms with van der Waals surface area (Å²) in [5.74, 6) is -1.38. The van der Waals surface area contributed by atoms with Crippen molar-refractivity contribution >= 4 is 11.9 Å². The number of carbonyl (C=O) groups is 2. The first-order chi connectivity index (χ1) is 10.4. The lowest BCUT2D eigenvalue weighted by molar-refractivity contribution is -0.166. The number of nitrogens with zero attached hydrogens (tertiary/aromatic N) is 1. The van der Waals surface area contributed by atoms with E-state index in [0.717, 1.165) is 12.8 Å². The Morgan fingerprint density at radius 3 is 2.09 bits per heavy atom. The topological polar surface area (TPSA) is 76.4 Å². The van der Waals surface area contributed by atoms with Gasteiger partial charge in [-0.05, 0) is 32.6 Å². The van der Waals surface area contributed by atoms with Gasteiger partial charge in [-0.15, -0.1) is 0 Å². The average molecular weight is 311 g/mol. The molecular formula is C17H29NO4. The van der Waals surface area contributed by atoms with Crippen molar-refractivity contribution in [3.05, 3.63) is 0 Å². The minimum atomic E-state index is -1.46. The van der Waals surface area contributed by atoms with Crippen molar-refractivity contribution in [2.75, 3.05) is 13.2 Å². The monoisotopic (exact) mass is 311 g/mol. The molecule has 22 heavy (non-hydrogen) atoms. The SMILES string of the molecule is CCOC(=O)C(CCCC(C)C)C(C#N)(CC)C(=O)OCC. The molecule has 0 aliphatic carbocycles. The lowest BCUT2D eigenvalue weighted by Crippen LogP contribution is -2.43. The highest BCUT2D eigenvalue weighted by atomic mass is 16.5. The van der Waals surface area contributed by atoms with Gasteiger partial charge in [0, 0.05) is 0 Å². The van der Waals surface area contributed by atoms with Crippen molar-refractivity contribution < 1.29 is 19.1 Å². The summed E-state index contributed by atoms with van der Waals surface area (Å²) in [4.78, 5) is 24.6. The largest absolute Gasteiger partial charge is 0.466 e. The predicted octanol–water partition coefficient (Wildman–Crippen LogP) is 3.48. The summed E-state index contributed by atoms with van der Waals surface area (Å²) in [6, 6.07) is 2.05. The van der Waals surface area contributed by atoms with Gasteiger partial charge in [-0.25, -0.2) is 0 Å². The van der Waals surface area contributed by atoms with Gasteiger partial charge in [-0.2, -0.15) is 5.26 Å². The first kappa shape index (κ1) is 20.4. The molecular weight excluding hydrogens is 282 g/mol. The van der Waals surface area contributed by atoms with E-state index in [-0.39, 0.29) is 19.6 Å². The molecule has 0 aromatic heterocycles. The van der Waals surface area contributed by atoms with Gasteiger partial charge < -0.3 is 9.47 Å². The summed E-state index contributed by atoms with van der Waals surface area (Å²) in [6.45, 7) is 9.75. The van der Waals surface area contributed by atoms with Gasteiger partial charge in [0.2, 0.25) is 0 Å². The summed E-state index contributed by atoms with van der Waals surface area (Å²) in [5, 5.41) is 9.61. The van der Waals surface area contributed by atoms with Gasteiger partial charge in [-0.3, -0.25) is 9.59 Å². The molecule has 5 nitrogen and oxygen atoms in total. The van der Waals surface area contributed by atoms with Gasteiger partial charge >= 0.3 is 11.9 Å². The second-order valence-electron chi connectivity index (χ2n) is 5.79. The minimum Gasteiger partial charge on any atom is -0.466 e. The minimum absolute atomic E-state index is 0.184. The highest BCUT2D eigenvalue weighted by Crippen LogP contribution is 2.37. The Labute approximate surface area is 134 Å². The molecule has 2 atom stereocenters. The fraction of sp³-hybridized carbons (Fsp3) is 0.824. The molecule has 0 fully saturated rings. The summed E-state index contributed by atoms with van der Waals surface area (Å²) in [5.41, 5.74) is -1.46. The van der Waals surface area contributed by atoms with Gasteiger partial charge in [-0.1, -0.05) is 33.6 Å². The lowest BCUT2D eigenvalue weighted by atomic mass is 9.72. The van der Waals surface area contributed by atoms with E-state index >= 15 is 0 Å². The standard InChI is InChI=1S/C17H29NO4/c1-6-17(12-18,16(20)22-8-3)14(15(19)21-7-2)11-9-10-13(4)5/h13-14H,6-11H2,1-5H3. The van der Waals surface area contributed by atoms with Gasteiger partial charge in [0.05, 0.1) is 25.2 Å². The highest BCUT2D eigenvalue weighted by Gasteiger charge is 2.50. The number of esters is 2. The molecule has 2 unspecified atom stereocenters. The molecule has 0 heterocycles. The molecule has 0 N–H and O–H groups in total. The molecule has 0 bridgehead atoms. The zero-order chi connectivity index (χ0) is 17.2. The molecule has 0 radical (unpaired) electrons. The first-order valence-corrected chi connectivity index (χ1v) is 8.14. The van der Waals surface area contributed by atoms with Crippen molar-refractivity contribution in [2.24, 2.45) is 17.3 Å². The van der Waals surface area contributed by atoms with Crippen LogP contribution in [0.5, 0.6) is 0 Å². The van der Waals surface area contributed by atoms with Crippen LogP contribution in [0.4, 0.5) is 0 Å².